The summed E-state index contributed by atoms with van der Waals surface area (Å²) < 4.78 is 0. The molecule has 0 spiro atoms. The van der Waals surface area contributed by atoms with E-state index in [2.05, 4.69) is 10.6 Å². The molecular weight excluding hydrogens is 400 g/mol. The molecular formula is C22H24N4O5. The number of nitro benzene ring substituents is 1. The number of non-ortho nitro benzene ring substituents is 1. The number of benzene rings is 2. The van der Waals surface area contributed by atoms with E-state index in [1.54, 1.807) is 0 Å². The van der Waals surface area contributed by atoms with Crippen molar-refractivity contribution in [1.82, 2.24) is 15.5 Å². The number of nitrogens with one attached hydrogen (secondary N) is 2. The van der Waals surface area contributed by atoms with Crippen molar-refractivity contribution in [2.45, 2.75) is 31.7 Å². The second kappa shape index (κ2) is 8.95. The van der Waals surface area contributed by atoms with Crippen molar-refractivity contribution in [2.24, 2.45) is 0 Å². The fraction of sp³-hybridized carbons (Fsp3) is 0.318. The SMILES string of the molecule is CCC(CNC(=O)CN1C(=O)NC(C)(c2ccc([N+](=O)[O-])cc2)C1=O)c1ccccc1. The number of carbonyl (C=O) groups excluding carboxylic acids is 3. The van der Waals surface area contributed by atoms with Crippen molar-refractivity contribution < 1.29 is 19.3 Å². The normalized spacial score (nSPS) is 19.1. The molecule has 2 atom stereocenters. The average Bonchev–Trinajstić information content (AvgIpc) is 2.99. The molecule has 1 aliphatic rings. The van der Waals surface area contributed by atoms with E-state index in [9.17, 15) is 24.5 Å². The minimum atomic E-state index is -1.40. The van der Waals surface area contributed by atoms with Gasteiger partial charge in [-0.15, -0.1) is 0 Å². The summed E-state index contributed by atoms with van der Waals surface area (Å²) in [5.41, 5.74) is -0.0209. The number of rotatable bonds is 8. The van der Waals surface area contributed by atoms with Gasteiger partial charge in [-0.1, -0.05) is 37.3 Å². The number of urea groups is 1. The summed E-state index contributed by atoms with van der Waals surface area (Å²) in [5, 5.41) is 16.2. The maximum atomic E-state index is 12.9. The lowest BCUT2D eigenvalue weighted by molar-refractivity contribution is -0.384. The Morgan fingerprint density at radius 2 is 1.81 bits per heavy atom. The first kappa shape index (κ1) is 21.9. The van der Waals surface area contributed by atoms with Crippen LogP contribution in [0.15, 0.2) is 54.6 Å². The van der Waals surface area contributed by atoms with Crippen LogP contribution in [-0.2, 0) is 15.1 Å². The minimum Gasteiger partial charge on any atom is -0.354 e. The van der Waals surface area contributed by atoms with Crippen LogP contribution < -0.4 is 10.6 Å². The van der Waals surface area contributed by atoms with Crippen LogP contribution in [0.2, 0.25) is 0 Å². The molecule has 0 bridgehead atoms. The third-order valence-corrected chi connectivity index (χ3v) is 5.54. The maximum Gasteiger partial charge on any atom is 0.325 e. The molecule has 4 amide bonds. The molecule has 1 aliphatic heterocycles. The van der Waals surface area contributed by atoms with Crippen LogP contribution >= 0.6 is 0 Å². The summed E-state index contributed by atoms with van der Waals surface area (Å²) in [6, 6.07) is 14.5. The van der Waals surface area contributed by atoms with E-state index in [1.807, 2.05) is 37.3 Å². The van der Waals surface area contributed by atoms with Crippen LogP contribution in [0.1, 0.15) is 37.3 Å². The van der Waals surface area contributed by atoms with Crippen molar-refractivity contribution in [3.8, 4) is 0 Å². The summed E-state index contributed by atoms with van der Waals surface area (Å²) in [4.78, 5) is 48.9. The molecule has 9 heteroatoms. The van der Waals surface area contributed by atoms with Gasteiger partial charge in [0.15, 0.2) is 0 Å². The number of imide groups is 1. The van der Waals surface area contributed by atoms with E-state index < -0.39 is 34.9 Å². The summed E-state index contributed by atoms with van der Waals surface area (Å²) >= 11 is 0. The van der Waals surface area contributed by atoms with E-state index in [4.69, 9.17) is 0 Å². The van der Waals surface area contributed by atoms with E-state index in [-0.39, 0.29) is 11.6 Å². The molecule has 3 rings (SSSR count). The number of carbonyl (C=O) groups is 3. The molecule has 31 heavy (non-hydrogen) atoms. The van der Waals surface area contributed by atoms with Gasteiger partial charge in [-0.25, -0.2) is 4.79 Å². The zero-order chi connectivity index (χ0) is 22.6. The number of nitro groups is 1. The standard InChI is InChI=1S/C22H24N4O5/c1-3-15(16-7-5-4-6-8-16)13-23-19(27)14-25-20(28)22(2,24-21(25)29)17-9-11-18(12-10-17)26(30)31/h4-12,15H,3,13-14H2,1-2H3,(H,23,27)(H,24,29). The Hall–Kier alpha value is -3.75. The average molecular weight is 424 g/mol. The molecule has 162 valence electrons. The Labute approximate surface area is 179 Å². The van der Waals surface area contributed by atoms with Gasteiger partial charge in [-0.3, -0.25) is 24.6 Å². The number of hydrogen-bond donors (Lipinski definition) is 2. The lowest BCUT2D eigenvalue weighted by Gasteiger charge is -2.22. The van der Waals surface area contributed by atoms with Gasteiger partial charge in [0, 0.05) is 24.6 Å². The van der Waals surface area contributed by atoms with E-state index in [1.165, 1.54) is 31.2 Å². The summed E-state index contributed by atoms with van der Waals surface area (Å²) in [5.74, 6) is -0.902. The van der Waals surface area contributed by atoms with Crippen LogP contribution in [0, 0.1) is 10.1 Å². The number of amides is 4. The summed E-state index contributed by atoms with van der Waals surface area (Å²) in [6.07, 6.45) is 0.825. The zero-order valence-electron chi connectivity index (χ0n) is 17.3. The van der Waals surface area contributed by atoms with Gasteiger partial charge >= 0.3 is 6.03 Å². The predicted octanol–water partition coefficient (Wildman–Crippen LogP) is 2.67. The Bertz CT molecular complexity index is 993. The Balaban J connectivity index is 1.65. The molecule has 2 aromatic carbocycles. The van der Waals surface area contributed by atoms with Crippen LogP contribution in [0.5, 0.6) is 0 Å². The molecule has 1 heterocycles. The topological polar surface area (TPSA) is 122 Å². The largest absolute Gasteiger partial charge is 0.354 e. The molecule has 2 N–H and O–H groups in total. The molecule has 2 unspecified atom stereocenters. The van der Waals surface area contributed by atoms with Gasteiger partial charge in [0.2, 0.25) is 5.91 Å². The Kier molecular flexibility index (Phi) is 6.33. The second-order valence-electron chi connectivity index (χ2n) is 7.57. The highest BCUT2D eigenvalue weighted by Gasteiger charge is 2.49. The first-order valence-corrected chi connectivity index (χ1v) is 9.97. The molecule has 0 radical (unpaired) electrons. The highest BCUT2D eigenvalue weighted by atomic mass is 16.6. The third kappa shape index (κ3) is 4.55. The summed E-state index contributed by atoms with van der Waals surface area (Å²) in [7, 11) is 0. The van der Waals surface area contributed by atoms with Gasteiger partial charge in [0.05, 0.1) is 4.92 Å². The van der Waals surface area contributed by atoms with Crippen LogP contribution in [0.4, 0.5) is 10.5 Å². The minimum absolute atomic E-state index is 0.121. The summed E-state index contributed by atoms with van der Waals surface area (Å²) in [6.45, 7) is 3.52. The van der Waals surface area contributed by atoms with Crippen molar-refractivity contribution in [1.29, 1.82) is 0 Å². The second-order valence-corrected chi connectivity index (χ2v) is 7.57. The number of nitrogens with zero attached hydrogens (tertiary/aromatic N) is 2. The van der Waals surface area contributed by atoms with E-state index in [0.29, 0.717) is 12.1 Å². The molecule has 1 saturated heterocycles. The first-order valence-electron chi connectivity index (χ1n) is 9.97. The van der Waals surface area contributed by atoms with Crippen molar-refractivity contribution >= 4 is 23.5 Å². The van der Waals surface area contributed by atoms with Crippen LogP contribution in [-0.4, -0.2) is 40.8 Å². The third-order valence-electron chi connectivity index (χ3n) is 5.54. The molecule has 2 aromatic rings. The van der Waals surface area contributed by atoms with Crippen molar-refractivity contribution in [3.05, 3.63) is 75.8 Å². The van der Waals surface area contributed by atoms with Gasteiger partial charge in [0.1, 0.15) is 12.1 Å². The highest BCUT2D eigenvalue weighted by molar-refractivity contribution is 6.09. The molecule has 9 nitrogen and oxygen atoms in total. The molecule has 0 aromatic heterocycles. The van der Waals surface area contributed by atoms with Gasteiger partial charge in [0.25, 0.3) is 11.6 Å². The van der Waals surface area contributed by atoms with Crippen molar-refractivity contribution in [3.63, 3.8) is 0 Å². The number of hydrogen-bond acceptors (Lipinski definition) is 5. The molecule has 0 aliphatic carbocycles. The predicted molar refractivity (Wildman–Crippen MR) is 113 cm³/mol. The lowest BCUT2D eigenvalue weighted by Crippen LogP contribution is -2.43. The van der Waals surface area contributed by atoms with Gasteiger partial charge < -0.3 is 10.6 Å². The van der Waals surface area contributed by atoms with E-state index in [0.717, 1.165) is 16.9 Å². The van der Waals surface area contributed by atoms with Crippen LogP contribution in [0.3, 0.4) is 0 Å². The van der Waals surface area contributed by atoms with Gasteiger partial charge in [-0.2, -0.15) is 0 Å². The lowest BCUT2D eigenvalue weighted by atomic mass is 9.92. The monoisotopic (exact) mass is 424 g/mol. The van der Waals surface area contributed by atoms with Crippen LogP contribution in [0.25, 0.3) is 0 Å². The van der Waals surface area contributed by atoms with Gasteiger partial charge in [-0.05, 0) is 36.6 Å². The van der Waals surface area contributed by atoms with E-state index >= 15 is 0 Å². The van der Waals surface area contributed by atoms with Crippen molar-refractivity contribution in [2.75, 3.05) is 13.1 Å². The maximum absolute atomic E-state index is 12.9. The Morgan fingerprint density at radius 3 is 2.39 bits per heavy atom. The highest BCUT2D eigenvalue weighted by Crippen LogP contribution is 2.30. The zero-order valence-corrected chi connectivity index (χ0v) is 17.3. The fourth-order valence-corrected chi connectivity index (χ4v) is 3.61. The smallest absolute Gasteiger partial charge is 0.325 e. The Morgan fingerprint density at radius 1 is 1.16 bits per heavy atom. The molecule has 1 fully saturated rings. The fourth-order valence-electron chi connectivity index (χ4n) is 3.61. The molecule has 0 saturated carbocycles. The first-order chi connectivity index (χ1) is 14.8. The quantitative estimate of drug-likeness (QED) is 0.383.